The Kier molecular flexibility index (Phi) is 7.65. The number of nitrogens with two attached hydrogens (primary N) is 1. The van der Waals surface area contributed by atoms with Gasteiger partial charge in [-0.3, -0.25) is 9.69 Å². The molecule has 2 aromatic carbocycles. The lowest BCUT2D eigenvalue weighted by Gasteiger charge is -2.41. The zero-order valence-electron chi connectivity index (χ0n) is 17.4. The van der Waals surface area contributed by atoms with Crippen LogP contribution in [0.1, 0.15) is 24.5 Å². The molecule has 0 aliphatic carbocycles. The number of anilines is 1. The van der Waals surface area contributed by atoms with Crippen molar-refractivity contribution in [3.8, 4) is 0 Å². The van der Waals surface area contributed by atoms with Crippen LogP contribution in [0, 0.1) is 5.82 Å². The van der Waals surface area contributed by atoms with Gasteiger partial charge in [0.25, 0.3) is 0 Å². The van der Waals surface area contributed by atoms with Crippen molar-refractivity contribution in [3.63, 3.8) is 0 Å². The van der Waals surface area contributed by atoms with Crippen LogP contribution in [0.4, 0.5) is 14.9 Å². The first-order valence-corrected chi connectivity index (χ1v) is 10.5. The van der Waals surface area contributed by atoms with Gasteiger partial charge in [-0.2, -0.15) is 0 Å². The van der Waals surface area contributed by atoms with Crippen molar-refractivity contribution in [2.45, 2.75) is 25.9 Å². The molecule has 8 heteroatoms. The van der Waals surface area contributed by atoms with Gasteiger partial charge in [-0.1, -0.05) is 36.7 Å². The van der Waals surface area contributed by atoms with Crippen LogP contribution in [-0.4, -0.2) is 47.4 Å². The van der Waals surface area contributed by atoms with Gasteiger partial charge in [0.2, 0.25) is 5.91 Å². The van der Waals surface area contributed by atoms with Gasteiger partial charge >= 0.3 is 6.03 Å². The van der Waals surface area contributed by atoms with E-state index in [-0.39, 0.29) is 17.8 Å². The van der Waals surface area contributed by atoms with Crippen molar-refractivity contribution < 1.29 is 14.0 Å². The lowest BCUT2D eigenvalue weighted by Crippen LogP contribution is -2.54. The normalized spacial score (nSPS) is 17.1. The van der Waals surface area contributed by atoms with E-state index >= 15 is 0 Å². The fourth-order valence-electron chi connectivity index (χ4n) is 3.72. The third-order valence-electron chi connectivity index (χ3n) is 5.32. The van der Waals surface area contributed by atoms with Gasteiger partial charge in [-0.25, -0.2) is 9.18 Å². The first-order chi connectivity index (χ1) is 14.9. The van der Waals surface area contributed by atoms with E-state index in [9.17, 15) is 14.0 Å². The molecular formula is C23H26ClFN4O2. The Morgan fingerprint density at radius 3 is 2.65 bits per heavy atom. The highest BCUT2D eigenvalue weighted by molar-refractivity contribution is 6.31. The van der Waals surface area contributed by atoms with Crippen LogP contribution < -0.4 is 11.1 Å². The van der Waals surface area contributed by atoms with E-state index in [4.69, 9.17) is 17.3 Å². The van der Waals surface area contributed by atoms with Crippen LogP contribution in [0.2, 0.25) is 5.02 Å². The average Bonchev–Trinajstić information content (AvgIpc) is 2.74. The molecule has 0 saturated carbocycles. The summed E-state index contributed by atoms with van der Waals surface area (Å²) < 4.78 is 13.1. The van der Waals surface area contributed by atoms with Crippen LogP contribution in [0.15, 0.2) is 48.5 Å². The Morgan fingerprint density at radius 1 is 1.23 bits per heavy atom. The molecule has 1 atom stereocenters. The number of nitrogens with zero attached hydrogens (tertiary/aromatic N) is 2. The van der Waals surface area contributed by atoms with Crippen molar-refractivity contribution in [2.24, 2.45) is 5.73 Å². The lowest BCUT2D eigenvalue weighted by atomic mass is 10.1. The Bertz CT molecular complexity index is 965. The second kappa shape index (κ2) is 10.4. The molecule has 1 saturated heterocycles. The third kappa shape index (κ3) is 6.29. The predicted molar refractivity (Wildman–Crippen MR) is 121 cm³/mol. The number of benzene rings is 2. The van der Waals surface area contributed by atoms with Crippen LogP contribution in [0.5, 0.6) is 0 Å². The summed E-state index contributed by atoms with van der Waals surface area (Å²) in [5.41, 5.74) is 7.34. The second-order valence-electron chi connectivity index (χ2n) is 7.51. The van der Waals surface area contributed by atoms with Crippen LogP contribution in [0.3, 0.4) is 0 Å². The Labute approximate surface area is 186 Å². The molecule has 1 heterocycles. The van der Waals surface area contributed by atoms with E-state index in [1.165, 1.54) is 18.2 Å². The number of urea groups is 1. The van der Waals surface area contributed by atoms with E-state index in [2.05, 4.69) is 17.1 Å². The molecule has 0 radical (unpaired) electrons. The van der Waals surface area contributed by atoms with Crippen LogP contribution in [-0.2, 0) is 11.3 Å². The SMILES string of the molecule is CCC1CN(Cc2ccc(F)cc2)CCN1C(=O)C=Cc1ccc(Cl)cc1NC(N)=O. The number of halogens is 2. The number of amides is 3. The zero-order valence-corrected chi connectivity index (χ0v) is 18.1. The van der Waals surface area contributed by atoms with Gasteiger partial charge in [-0.15, -0.1) is 0 Å². The molecule has 1 aliphatic heterocycles. The lowest BCUT2D eigenvalue weighted by molar-refractivity contribution is -0.131. The standard InChI is InChI=1S/C23H26ClFN4O2/c1-2-20-15-28(14-16-3-8-19(25)9-4-16)11-12-29(20)22(30)10-6-17-5-7-18(24)13-21(17)27-23(26)31/h3-10,13,20H,2,11-12,14-15H2,1H3,(H3,26,27,31). The summed E-state index contributed by atoms with van der Waals surface area (Å²) in [7, 11) is 0. The van der Waals surface area contributed by atoms with Crippen LogP contribution in [0.25, 0.3) is 6.08 Å². The molecule has 31 heavy (non-hydrogen) atoms. The number of hydrogen-bond donors (Lipinski definition) is 2. The first kappa shape index (κ1) is 22.8. The molecule has 3 amide bonds. The average molecular weight is 445 g/mol. The molecule has 1 aliphatic rings. The van der Waals surface area contributed by atoms with E-state index in [0.717, 1.165) is 31.6 Å². The maximum atomic E-state index is 13.1. The maximum Gasteiger partial charge on any atom is 0.316 e. The maximum absolute atomic E-state index is 13.1. The summed E-state index contributed by atoms with van der Waals surface area (Å²) in [6.45, 7) is 4.88. The van der Waals surface area contributed by atoms with Gasteiger partial charge in [0.05, 0.1) is 5.69 Å². The monoisotopic (exact) mass is 444 g/mol. The quantitative estimate of drug-likeness (QED) is 0.658. The van der Waals surface area contributed by atoms with Crippen LogP contribution >= 0.6 is 11.6 Å². The zero-order chi connectivity index (χ0) is 22.4. The summed E-state index contributed by atoms with van der Waals surface area (Å²) in [5, 5.41) is 2.97. The van der Waals surface area contributed by atoms with Gasteiger partial charge in [0.1, 0.15) is 5.82 Å². The molecule has 1 unspecified atom stereocenters. The number of rotatable bonds is 6. The molecule has 1 fully saturated rings. The van der Waals surface area contributed by atoms with Gasteiger partial charge < -0.3 is 16.0 Å². The van der Waals surface area contributed by atoms with Crippen molar-refractivity contribution in [1.82, 2.24) is 9.80 Å². The number of primary amides is 1. The Balaban J connectivity index is 1.65. The first-order valence-electron chi connectivity index (χ1n) is 10.2. The van der Waals surface area contributed by atoms with E-state index in [1.54, 1.807) is 36.4 Å². The minimum Gasteiger partial charge on any atom is -0.351 e. The van der Waals surface area contributed by atoms with E-state index < -0.39 is 6.03 Å². The molecule has 0 aromatic heterocycles. The van der Waals surface area contributed by atoms with Crippen molar-refractivity contribution >= 4 is 35.3 Å². The highest BCUT2D eigenvalue weighted by atomic mass is 35.5. The predicted octanol–water partition coefficient (Wildman–Crippen LogP) is 4.11. The summed E-state index contributed by atoms with van der Waals surface area (Å²) in [6.07, 6.45) is 3.99. The summed E-state index contributed by atoms with van der Waals surface area (Å²) >= 11 is 5.99. The molecule has 164 valence electrons. The second-order valence-corrected chi connectivity index (χ2v) is 7.95. The molecule has 0 spiro atoms. The largest absolute Gasteiger partial charge is 0.351 e. The van der Waals surface area contributed by atoms with Crippen molar-refractivity contribution in [3.05, 3.63) is 70.5 Å². The van der Waals surface area contributed by atoms with Crippen molar-refractivity contribution in [1.29, 1.82) is 0 Å². The molecule has 0 bridgehead atoms. The Hall–Kier alpha value is -2.90. The summed E-state index contributed by atoms with van der Waals surface area (Å²) in [6, 6.07) is 10.9. The molecule has 3 N–H and O–H groups in total. The fourth-order valence-corrected chi connectivity index (χ4v) is 3.89. The molecule has 6 nitrogen and oxygen atoms in total. The highest BCUT2D eigenvalue weighted by Crippen LogP contribution is 2.23. The topological polar surface area (TPSA) is 78.7 Å². The fraction of sp³-hybridized carbons (Fsp3) is 0.304. The number of hydrogen-bond acceptors (Lipinski definition) is 3. The van der Waals surface area contributed by atoms with Gasteiger partial charge in [0.15, 0.2) is 0 Å². The molecule has 3 rings (SSSR count). The molecule has 2 aromatic rings. The number of carbonyl (C=O) groups is 2. The number of nitrogens with one attached hydrogen (secondary N) is 1. The van der Waals surface area contributed by atoms with E-state index in [1.807, 2.05) is 4.90 Å². The number of carbonyl (C=O) groups excluding carboxylic acids is 2. The molecular weight excluding hydrogens is 419 g/mol. The third-order valence-corrected chi connectivity index (χ3v) is 5.55. The van der Waals surface area contributed by atoms with Crippen molar-refractivity contribution in [2.75, 3.05) is 25.0 Å². The minimum absolute atomic E-state index is 0.0831. The van der Waals surface area contributed by atoms with E-state index in [0.29, 0.717) is 22.8 Å². The smallest absolute Gasteiger partial charge is 0.316 e. The highest BCUT2D eigenvalue weighted by Gasteiger charge is 2.28. The minimum atomic E-state index is -0.702. The number of piperazine rings is 1. The summed E-state index contributed by atoms with van der Waals surface area (Å²) in [4.78, 5) is 28.3. The Morgan fingerprint density at radius 2 is 1.97 bits per heavy atom. The van der Waals surface area contributed by atoms with Gasteiger partial charge in [-0.05, 0) is 47.9 Å². The van der Waals surface area contributed by atoms with Gasteiger partial charge in [0, 0.05) is 43.3 Å². The summed E-state index contributed by atoms with van der Waals surface area (Å²) in [5.74, 6) is -0.333.